The first kappa shape index (κ1) is 46.0. The molecule has 47 heavy (non-hydrogen) atoms. The number of rotatable bonds is 36. The highest BCUT2D eigenvalue weighted by molar-refractivity contribution is 7.85. The average molecular weight is 688 g/mol. The largest absolute Gasteiger partial charge is 0.391 e. The second-order valence-corrected chi connectivity index (χ2v) is 15.6. The number of carbonyl (C=O) groups excluding carboxylic acids is 1. The van der Waals surface area contributed by atoms with Crippen LogP contribution in [-0.4, -0.2) is 53.1 Å². The van der Waals surface area contributed by atoms with E-state index in [0.717, 1.165) is 51.4 Å². The molecular weight excluding hydrogens is 610 g/mol. The summed E-state index contributed by atoms with van der Waals surface area (Å²) >= 11 is 0. The van der Waals surface area contributed by atoms with E-state index >= 15 is 0 Å². The molecule has 0 aliphatic carbocycles. The zero-order chi connectivity index (χ0) is 34.9. The lowest BCUT2D eigenvalue weighted by molar-refractivity contribution is -0.131. The Hall–Kier alpha value is -0.960. The predicted octanol–water partition coefficient (Wildman–Crippen LogP) is 10.4. The number of aliphatic hydroxyl groups excluding tert-OH is 2. The van der Waals surface area contributed by atoms with Crippen LogP contribution in [0.3, 0.4) is 0 Å². The van der Waals surface area contributed by atoms with Crippen LogP contribution >= 0.6 is 0 Å². The zero-order valence-electron chi connectivity index (χ0n) is 30.8. The van der Waals surface area contributed by atoms with E-state index in [2.05, 4.69) is 31.3 Å². The minimum absolute atomic E-state index is 0.286. The highest BCUT2D eigenvalue weighted by Crippen LogP contribution is 2.16. The third-order valence-electron chi connectivity index (χ3n) is 9.33. The average Bonchev–Trinajstić information content (AvgIpc) is 3.03. The summed E-state index contributed by atoms with van der Waals surface area (Å²) in [6.07, 6.45) is 36.5. The summed E-state index contributed by atoms with van der Waals surface area (Å²) in [4.78, 5) is 12.6. The van der Waals surface area contributed by atoms with Crippen LogP contribution in [0.25, 0.3) is 0 Å². The molecule has 0 saturated heterocycles. The van der Waals surface area contributed by atoms with E-state index in [1.807, 2.05) is 0 Å². The number of carbonyl (C=O) groups is 1. The molecule has 0 aromatic heterocycles. The number of hydrogen-bond donors (Lipinski definition) is 4. The van der Waals surface area contributed by atoms with Crippen LogP contribution in [0.1, 0.15) is 206 Å². The van der Waals surface area contributed by atoms with Gasteiger partial charge < -0.3 is 15.5 Å². The van der Waals surface area contributed by atoms with E-state index in [-0.39, 0.29) is 6.42 Å². The van der Waals surface area contributed by atoms with Crippen molar-refractivity contribution in [1.82, 2.24) is 5.32 Å². The second-order valence-electron chi connectivity index (χ2n) is 14.1. The van der Waals surface area contributed by atoms with E-state index in [0.29, 0.717) is 19.3 Å². The Morgan fingerprint density at radius 1 is 0.553 bits per heavy atom. The lowest BCUT2D eigenvalue weighted by Crippen LogP contribution is -2.50. The normalized spacial score (nSPS) is 14.1. The molecule has 0 aromatic carbocycles. The van der Waals surface area contributed by atoms with Gasteiger partial charge >= 0.3 is 0 Å². The first-order valence-electron chi connectivity index (χ1n) is 20.0. The third-order valence-corrected chi connectivity index (χ3v) is 10.1. The minimum atomic E-state index is -4.40. The van der Waals surface area contributed by atoms with Crippen molar-refractivity contribution >= 4 is 16.0 Å². The Morgan fingerprint density at radius 3 is 1.28 bits per heavy atom. The maximum Gasteiger partial charge on any atom is 0.266 e. The number of amides is 1. The summed E-state index contributed by atoms with van der Waals surface area (Å²) in [6.45, 7) is 4.50. The van der Waals surface area contributed by atoms with E-state index < -0.39 is 40.0 Å². The fraction of sp³-hybridized carbons (Fsp3) is 0.923. The topological polar surface area (TPSA) is 124 Å². The molecule has 0 fully saturated rings. The standard InChI is InChI=1S/C39H77NO6S/c1-3-5-7-9-11-13-15-17-18-19-20-22-24-26-28-30-32-34-38(42)39(43)40-36(35-47(44,45)46)37(41)33-31-29-27-25-23-21-16-14-12-10-8-6-4-2/h20,22,36-38,41-42H,3-19,21,23-35H2,1-2H3,(H,40,43)(H,44,45,46)/b22-20-. The van der Waals surface area contributed by atoms with Crippen molar-refractivity contribution in [2.75, 3.05) is 5.75 Å². The first-order chi connectivity index (χ1) is 22.7. The molecule has 1 amide bonds. The lowest BCUT2D eigenvalue weighted by atomic mass is 10.0. The number of unbranched alkanes of at least 4 members (excludes halogenated alkanes) is 25. The van der Waals surface area contributed by atoms with E-state index in [1.54, 1.807) is 0 Å². The van der Waals surface area contributed by atoms with Gasteiger partial charge in [0.2, 0.25) is 5.91 Å². The Bertz CT molecular complexity index is 818. The van der Waals surface area contributed by atoms with Gasteiger partial charge in [0.1, 0.15) is 6.10 Å². The number of aliphatic hydroxyl groups is 2. The van der Waals surface area contributed by atoms with Gasteiger partial charge in [-0.25, -0.2) is 0 Å². The molecule has 0 rings (SSSR count). The van der Waals surface area contributed by atoms with Crippen LogP contribution < -0.4 is 5.32 Å². The fourth-order valence-electron chi connectivity index (χ4n) is 6.22. The summed E-state index contributed by atoms with van der Waals surface area (Å²) in [6, 6.07) is -1.15. The van der Waals surface area contributed by atoms with Gasteiger partial charge in [-0.3, -0.25) is 9.35 Å². The Labute approximate surface area is 291 Å². The Balaban J connectivity index is 4.00. The van der Waals surface area contributed by atoms with Crippen molar-refractivity contribution in [2.24, 2.45) is 0 Å². The highest BCUT2D eigenvalue weighted by atomic mass is 32.2. The van der Waals surface area contributed by atoms with Gasteiger partial charge in [-0.05, 0) is 38.5 Å². The van der Waals surface area contributed by atoms with Crippen molar-refractivity contribution < 1.29 is 28.0 Å². The van der Waals surface area contributed by atoms with Crippen LogP contribution in [0.15, 0.2) is 12.2 Å². The van der Waals surface area contributed by atoms with Gasteiger partial charge in [-0.1, -0.05) is 180 Å². The maximum absolute atomic E-state index is 12.6. The molecule has 3 unspecified atom stereocenters. The van der Waals surface area contributed by atoms with Gasteiger partial charge in [0.15, 0.2) is 0 Å². The molecule has 7 nitrogen and oxygen atoms in total. The monoisotopic (exact) mass is 688 g/mol. The second kappa shape index (κ2) is 33.5. The van der Waals surface area contributed by atoms with Gasteiger partial charge in [0.05, 0.1) is 17.9 Å². The minimum Gasteiger partial charge on any atom is -0.391 e. The van der Waals surface area contributed by atoms with Gasteiger partial charge in [0, 0.05) is 0 Å². The number of allylic oxidation sites excluding steroid dienone is 2. The highest BCUT2D eigenvalue weighted by Gasteiger charge is 2.28. The number of nitrogens with one attached hydrogen (secondary N) is 1. The molecule has 4 N–H and O–H groups in total. The molecule has 0 spiro atoms. The van der Waals surface area contributed by atoms with Crippen molar-refractivity contribution in [1.29, 1.82) is 0 Å². The van der Waals surface area contributed by atoms with Gasteiger partial charge in [-0.15, -0.1) is 0 Å². The van der Waals surface area contributed by atoms with Crippen LogP contribution in [0.2, 0.25) is 0 Å². The van der Waals surface area contributed by atoms with E-state index in [9.17, 15) is 28.0 Å². The Morgan fingerprint density at radius 2 is 0.894 bits per heavy atom. The maximum atomic E-state index is 12.6. The van der Waals surface area contributed by atoms with E-state index in [4.69, 9.17) is 0 Å². The molecule has 0 saturated carbocycles. The third kappa shape index (κ3) is 33.3. The lowest BCUT2D eigenvalue weighted by Gasteiger charge is -2.24. The van der Waals surface area contributed by atoms with Gasteiger partial charge in [0.25, 0.3) is 10.1 Å². The molecule has 280 valence electrons. The van der Waals surface area contributed by atoms with Crippen molar-refractivity contribution in [3.63, 3.8) is 0 Å². The summed E-state index contributed by atoms with van der Waals surface area (Å²) in [5, 5.41) is 23.5. The van der Waals surface area contributed by atoms with Crippen LogP contribution in [-0.2, 0) is 14.9 Å². The van der Waals surface area contributed by atoms with Crippen LogP contribution in [0.5, 0.6) is 0 Å². The molecule has 0 aliphatic heterocycles. The molecule has 0 aromatic rings. The summed E-state index contributed by atoms with van der Waals surface area (Å²) in [5.74, 6) is -1.46. The quantitative estimate of drug-likeness (QED) is 0.0295. The zero-order valence-corrected chi connectivity index (χ0v) is 31.6. The first-order valence-corrected chi connectivity index (χ1v) is 21.6. The summed E-state index contributed by atoms with van der Waals surface area (Å²) in [5.41, 5.74) is 0. The molecule has 0 radical (unpaired) electrons. The van der Waals surface area contributed by atoms with Crippen LogP contribution in [0, 0.1) is 0 Å². The molecular formula is C39H77NO6S. The SMILES string of the molecule is CCCCCCCCCCC/C=C\CCCCCCC(O)C(=O)NC(CS(=O)(=O)O)C(O)CCCCCCCCCCCCCCC. The van der Waals surface area contributed by atoms with Crippen molar-refractivity contribution in [2.45, 2.75) is 225 Å². The molecule has 8 heteroatoms. The van der Waals surface area contributed by atoms with Crippen molar-refractivity contribution in [3.05, 3.63) is 12.2 Å². The molecule has 0 heterocycles. The van der Waals surface area contributed by atoms with Crippen LogP contribution in [0.4, 0.5) is 0 Å². The summed E-state index contributed by atoms with van der Waals surface area (Å²) < 4.78 is 32.5. The molecule has 0 bridgehead atoms. The molecule has 3 atom stereocenters. The predicted molar refractivity (Wildman–Crippen MR) is 199 cm³/mol. The fourth-order valence-corrected chi connectivity index (χ4v) is 6.98. The van der Waals surface area contributed by atoms with Crippen molar-refractivity contribution in [3.8, 4) is 0 Å². The number of hydrogen-bond acceptors (Lipinski definition) is 5. The summed E-state index contributed by atoms with van der Waals surface area (Å²) in [7, 11) is -4.40. The van der Waals surface area contributed by atoms with Gasteiger partial charge in [-0.2, -0.15) is 8.42 Å². The van der Waals surface area contributed by atoms with E-state index in [1.165, 1.54) is 116 Å². The smallest absolute Gasteiger partial charge is 0.266 e. The Kier molecular flexibility index (Phi) is 32.8. The molecule has 0 aliphatic rings.